The molecule has 2 aliphatic rings. The van der Waals surface area contributed by atoms with Crippen LogP contribution in [0.25, 0.3) is 0 Å². The monoisotopic (exact) mass is 427 g/mol. The molecule has 0 radical (unpaired) electrons. The third kappa shape index (κ3) is 4.67. The van der Waals surface area contributed by atoms with Gasteiger partial charge in [-0.3, -0.25) is 14.4 Å². The van der Waals surface area contributed by atoms with Crippen LogP contribution in [0.1, 0.15) is 51.7 Å². The van der Waals surface area contributed by atoms with Gasteiger partial charge in [-0.25, -0.2) is 0 Å². The molecule has 0 aliphatic carbocycles. The SMILES string of the molecule is O=C(Nc1ccccc1)c1nnc(C(=O)N2CCCC(C(=O)N3CCCCC3)C2)s1. The lowest BCUT2D eigenvalue weighted by atomic mass is 9.95. The molecule has 1 unspecified atom stereocenters. The Morgan fingerprint density at radius 1 is 0.900 bits per heavy atom. The number of nitrogens with one attached hydrogen (secondary N) is 1. The van der Waals surface area contributed by atoms with E-state index in [1.54, 1.807) is 17.0 Å². The molecule has 3 amide bonds. The molecular formula is C21H25N5O3S. The minimum atomic E-state index is -0.394. The van der Waals surface area contributed by atoms with Gasteiger partial charge in [0.2, 0.25) is 15.9 Å². The van der Waals surface area contributed by atoms with E-state index < -0.39 is 5.91 Å². The molecule has 4 rings (SSSR count). The first-order chi connectivity index (χ1) is 14.6. The van der Waals surface area contributed by atoms with Crippen LogP contribution in [0.15, 0.2) is 30.3 Å². The number of likely N-dealkylation sites (tertiary alicyclic amines) is 2. The fraction of sp³-hybridized carbons (Fsp3) is 0.476. The first-order valence-electron chi connectivity index (χ1n) is 10.4. The van der Waals surface area contributed by atoms with Gasteiger partial charge < -0.3 is 15.1 Å². The molecule has 1 aromatic heterocycles. The lowest BCUT2D eigenvalue weighted by molar-refractivity contribution is -0.137. The van der Waals surface area contributed by atoms with E-state index in [-0.39, 0.29) is 27.7 Å². The summed E-state index contributed by atoms with van der Waals surface area (Å²) in [4.78, 5) is 41.7. The molecule has 2 fully saturated rings. The molecule has 30 heavy (non-hydrogen) atoms. The molecule has 1 atom stereocenters. The zero-order valence-corrected chi connectivity index (χ0v) is 17.6. The van der Waals surface area contributed by atoms with E-state index in [2.05, 4.69) is 15.5 Å². The second-order valence-corrected chi connectivity index (χ2v) is 8.69. The van der Waals surface area contributed by atoms with Crippen molar-refractivity contribution < 1.29 is 14.4 Å². The van der Waals surface area contributed by atoms with Crippen LogP contribution in [-0.2, 0) is 4.79 Å². The van der Waals surface area contributed by atoms with Gasteiger partial charge in [0.25, 0.3) is 11.8 Å². The minimum Gasteiger partial charge on any atom is -0.342 e. The number of benzene rings is 1. The van der Waals surface area contributed by atoms with E-state index in [0.29, 0.717) is 18.8 Å². The normalized spacial score (nSPS) is 19.4. The zero-order valence-electron chi connectivity index (χ0n) is 16.7. The van der Waals surface area contributed by atoms with Gasteiger partial charge in [0.05, 0.1) is 5.92 Å². The quantitative estimate of drug-likeness (QED) is 0.809. The third-order valence-corrected chi connectivity index (χ3v) is 6.47. The molecule has 1 aromatic carbocycles. The van der Waals surface area contributed by atoms with Crippen molar-refractivity contribution in [1.82, 2.24) is 20.0 Å². The van der Waals surface area contributed by atoms with Crippen molar-refractivity contribution in [1.29, 1.82) is 0 Å². The molecule has 2 aliphatic heterocycles. The lowest BCUT2D eigenvalue weighted by Crippen LogP contribution is -2.47. The van der Waals surface area contributed by atoms with Crippen LogP contribution in [0, 0.1) is 5.92 Å². The maximum absolute atomic E-state index is 12.9. The molecule has 158 valence electrons. The second-order valence-electron chi connectivity index (χ2n) is 7.71. The van der Waals surface area contributed by atoms with Crippen molar-refractivity contribution in [3.05, 3.63) is 40.3 Å². The van der Waals surface area contributed by atoms with Crippen molar-refractivity contribution in [2.24, 2.45) is 5.92 Å². The number of hydrogen-bond acceptors (Lipinski definition) is 6. The van der Waals surface area contributed by atoms with E-state index >= 15 is 0 Å². The van der Waals surface area contributed by atoms with Crippen molar-refractivity contribution in [3.8, 4) is 0 Å². The molecule has 0 saturated carbocycles. The Kier molecular flexibility index (Phi) is 6.37. The molecule has 1 N–H and O–H groups in total. The standard InChI is InChI=1S/C21H25N5O3S/c27-17(22-16-9-3-1-4-10-16)18-23-24-19(30-18)21(29)26-13-7-8-15(14-26)20(28)25-11-5-2-6-12-25/h1,3-4,9-10,15H,2,5-8,11-14H2,(H,22,27). The summed E-state index contributed by atoms with van der Waals surface area (Å²) in [6.45, 7) is 2.63. The summed E-state index contributed by atoms with van der Waals surface area (Å²) in [5, 5.41) is 10.9. The van der Waals surface area contributed by atoms with Crippen LogP contribution >= 0.6 is 11.3 Å². The Morgan fingerprint density at radius 2 is 1.60 bits per heavy atom. The minimum absolute atomic E-state index is 0.139. The van der Waals surface area contributed by atoms with Gasteiger partial charge in [0.15, 0.2) is 0 Å². The summed E-state index contributed by atoms with van der Waals surface area (Å²) >= 11 is 0.979. The first kappa shape index (κ1) is 20.5. The van der Waals surface area contributed by atoms with Crippen LogP contribution in [0.4, 0.5) is 5.69 Å². The molecule has 3 heterocycles. The molecule has 0 spiro atoms. The molecule has 9 heteroatoms. The highest BCUT2D eigenvalue weighted by Crippen LogP contribution is 2.23. The fourth-order valence-electron chi connectivity index (χ4n) is 3.98. The Balaban J connectivity index is 1.38. The van der Waals surface area contributed by atoms with Crippen molar-refractivity contribution >= 4 is 34.7 Å². The predicted molar refractivity (Wildman–Crippen MR) is 113 cm³/mol. The number of aromatic nitrogens is 2. The smallest absolute Gasteiger partial charge is 0.286 e. The summed E-state index contributed by atoms with van der Waals surface area (Å²) in [6.07, 6.45) is 4.88. The number of carbonyl (C=O) groups is 3. The number of anilines is 1. The maximum atomic E-state index is 12.9. The fourth-order valence-corrected chi connectivity index (χ4v) is 4.68. The number of amides is 3. The van der Waals surface area contributed by atoms with E-state index in [1.807, 2.05) is 23.1 Å². The summed E-state index contributed by atoms with van der Waals surface area (Å²) in [5.41, 5.74) is 0.653. The van der Waals surface area contributed by atoms with E-state index in [1.165, 1.54) is 6.42 Å². The predicted octanol–water partition coefficient (Wildman–Crippen LogP) is 2.66. The van der Waals surface area contributed by atoms with Gasteiger partial charge in [-0.05, 0) is 44.2 Å². The topological polar surface area (TPSA) is 95.5 Å². The molecule has 2 saturated heterocycles. The van der Waals surface area contributed by atoms with Crippen molar-refractivity contribution in [2.45, 2.75) is 32.1 Å². The molecule has 8 nitrogen and oxygen atoms in total. The highest BCUT2D eigenvalue weighted by molar-refractivity contribution is 7.15. The van der Waals surface area contributed by atoms with Gasteiger partial charge >= 0.3 is 0 Å². The van der Waals surface area contributed by atoms with Crippen LogP contribution in [0.3, 0.4) is 0 Å². The Morgan fingerprint density at radius 3 is 2.37 bits per heavy atom. The van der Waals surface area contributed by atoms with Gasteiger partial charge in [0.1, 0.15) is 0 Å². The number of carbonyl (C=O) groups excluding carboxylic acids is 3. The number of nitrogens with zero attached hydrogens (tertiary/aromatic N) is 4. The van der Waals surface area contributed by atoms with Crippen LogP contribution in [0.2, 0.25) is 0 Å². The van der Waals surface area contributed by atoms with Gasteiger partial charge in [0, 0.05) is 31.9 Å². The van der Waals surface area contributed by atoms with Gasteiger partial charge in [-0.2, -0.15) is 0 Å². The Bertz CT molecular complexity index is 910. The second kappa shape index (κ2) is 9.34. The summed E-state index contributed by atoms with van der Waals surface area (Å²) in [7, 11) is 0. The van der Waals surface area contributed by atoms with Crippen LogP contribution in [0.5, 0.6) is 0 Å². The number of rotatable bonds is 4. The van der Waals surface area contributed by atoms with E-state index in [4.69, 9.17) is 0 Å². The van der Waals surface area contributed by atoms with Gasteiger partial charge in [-0.1, -0.05) is 29.5 Å². The molecular weight excluding hydrogens is 402 g/mol. The lowest BCUT2D eigenvalue weighted by Gasteiger charge is -2.35. The van der Waals surface area contributed by atoms with Crippen molar-refractivity contribution in [3.63, 3.8) is 0 Å². The summed E-state index contributed by atoms with van der Waals surface area (Å²) in [6, 6.07) is 9.06. The number of hydrogen-bond donors (Lipinski definition) is 1. The van der Waals surface area contributed by atoms with Crippen LogP contribution < -0.4 is 5.32 Å². The van der Waals surface area contributed by atoms with Crippen molar-refractivity contribution in [2.75, 3.05) is 31.5 Å². The van der Waals surface area contributed by atoms with Gasteiger partial charge in [-0.15, -0.1) is 10.2 Å². The Hall–Kier alpha value is -2.81. The zero-order chi connectivity index (χ0) is 20.9. The summed E-state index contributed by atoms with van der Waals surface area (Å²) in [5.74, 6) is -0.654. The molecule has 2 aromatic rings. The van der Waals surface area contributed by atoms with E-state index in [0.717, 1.165) is 50.1 Å². The average Bonchev–Trinajstić information content (AvgIpc) is 3.30. The Labute approximate surface area is 179 Å². The highest BCUT2D eigenvalue weighted by atomic mass is 32.1. The van der Waals surface area contributed by atoms with E-state index in [9.17, 15) is 14.4 Å². The largest absolute Gasteiger partial charge is 0.342 e. The average molecular weight is 428 g/mol. The first-order valence-corrected chi connectivity index (χ1v) is 11.2. The summed E-state index contributed by atoms with van der Waals surface area (Å²) < 4.78 is 0. The number of piperidine rings is 2. The highest BCUT2D eigenvalue weighted by Gasteiger charge is 2.33. The maximum Gasteiger partial charge on any atom is 0.286 e. The third-order valence-electron chi connectivity index (χ3n) is 5.56. The molecule has 0 bridgehead atoms. The van der Waals surface area contributed by atoms with Crippen LogP contribution in [-0.4, -0.2) is 63.9 Å². The number of para-hydroxylation sites is 1.